The van der Waals surface area contributed by atoms with Crippen molar-refractivity contribution in [2.45, 2.75) is 96.4 Å². The van der Waals surface area contributed by atoms with Gasteiger partial charge in [-0.25, -0.2) is 0 Å². The van der Waals surface area contributed by atoms with Gasteiger partial charge >= 0.3 is 0 Å². The Morgan fingerprint density at radius 3 is 2.62 bits per heavy atom. The van der Waals surface area contributed by atoms with E-state index in [9.17, 15) is 4.79 Å². The normalized spacial score (nSPS) is 20.7. The van der Waals surface area contributed by atoms with Gasteiger partial charge in [0, 0.05) is 19.0 Å². The number of amides is 1. The fraction of sp³-hybridized carbons (Fsp3) is 0.842. The Balaban J connectivity index is 1.45. The molecule has 1 heterocycles. The molecule has 0 unspecified atom stereocenters. The maximum absolute atomic E-state index is 12.3. The molecule has 0 radical (unpaired) electrons. The van der Waals surface area contributed by atoms with Crippen LogP contribution in [0.25, 0.3) is 0 Å². The van der Waals surface area contributed by atoms with E-state index < -0.39 is 0 Å². The van der Waals surface area contributed by atoms with E-state index in [-0.39, 0.29) is 0 Å². The van der Waals surface area contributed by atoms with Gasteiger partial charge in [0.1, 0.15) is 0 Å². The smallest absolute Gasteiger partial charge is 0.222 e. The lowest BCUT2D eigenvalue weighted by molar-refractivity contribution is -0.132. The fourth-order valence-electron chi connectivity index (χ4n) is 3.55. The first-order chi connectivity index (χ1) is 10.3. The van der Waals surface area contributed by atoms with Gasteiger partial charge in [-0.2, -0.15) is 0 Å². The first-order valence-corrected chi connectivity index (χ1v) is 9.28. The summed E-state index contributed by atoms with van der Waals surface area (Å²) in [6.07, 6.45) is 18.3. The Kier molecular flexibility index (Phi) is 7.32. The van der Waals surface area contributed by atoms with E-state index in [0.29, 0.717) is 11.9 Å². The Morgan fingerprint density at radius 1 is 1.19 bits per heavy atom. The number of nitrogens with zero attached hydrogens (tertiary/aromatic N) is 1. The summed E-state index contributed by atoms with van der Waals surface area (Å²) in [5, 5.41) is 0. The molecule has 1 aliphatic heterocycles. The maximum Gasteiger partial charge on any atom is 0.222 e. The number of hydrogen-bond donors (Lipinski definition) is 0. The summed E-state index contributed by atoms with van der Waals surface area (Å²) in [7, 11) is 0. The molecule has 2 nitrogen and oxygen atoms in total. The van der Waals surface area contributed by atoms with Gasteiger partial charge in [-0.05, 0) is 44.9 Å². The summed E-state index contributed by atoms with van der Waals surface area (Å²) in [4.78, 5) is 14.4. The van der Waals surface area contributed by atoms with Gasteiger partial charge in [-0.1, -0.05) is 50.7 Å². The summed E-state index contributed by atoms with van der Waals surface area (Å²) in [5.74, 6) is 0.423. The predicted octanol–water partition coefficient (Wildman–Crippen LogP) is 5.23. The highest BCUT2D eigenvalue weighted by Crippen LogP contribution is 2.25. The molecule has 120 valence electrons. The summed E-state index contributed by atoms with van der Waals surface area (Å²) < 4.78 is 0. The van der Waals surface area contributed by atoms with Gasteiger partial charge in [0.15, 0.2) is 0 Å². The van der Waals surface area contributed by atoms with Gasteiger partial charge in [0.2, 0.25) is 5.91 Å². The maximum atomic E-state index is 12.3. The molecule has 1 fully saturated rings. The van der Waals surface area contributed by atoms with Crippen LogP contribution < -0.4 is 0 Å². The second kappa shape index (κ2) is 9.27. The van der Waals surface area contributed by atoms with Gasteiger partial charge in [0.25, 0.3) is 0 Å². The van der Waals surface area contributed by atoms with Crippen LogP contribution in [0.1, 0.15) is 90.4 Å². The molecule has 1 atom stereocenters. The van der Waals surface area contributed by atoms with E-state index in [0.717, 1.165) is 19.4 Å². The average Bonchev–Trinajstić information content (AvgIpc) is 3.19. The van der Waals surface area contributed by atoms with Gasteiger partial charge in [-0.15, -0.1) is 0 Å². The molecule has 2 heteroatoms. The number of carbonyl (C=O) groups excluding carboxylic acids is 1. The van der Waals surface area contributed by atoms with Crippen LogP contribution in [0.5, 0.6) is 0 Å². The summed E-state index contributed by atoms with van der Waals surface area (Å²) >= 11 is 0. The number of allylic oxidation sites excluding steroid dienone is 2. The van der Waals surface area contributed by atoms with Gasteiger partial charge in [-0.3, -0.25) is 4.79 Å². The van der Waals surface area contributed by atoms with Gasteiger partial charge in [0.05, 0.1) is 0 Å². The summed E-state index contributed by atoms with van der Waals surface area (Å²) in [6, 6.07) is 0.555. The van der Waals surface area contributed by atoms with Crippen LogP contribution in [0.15, 0.2) is 11.6 Å². The Hall–Kier alpha value is -0.790. The van der Waals surface area contributed by atoms with E-state index in [1.165, 1.54) is 70.6 Å². The molecule has 1 amide bonds. The largest absolute Gasteiger partial charge is 0.340 e. The lowest BCUT2D eigenvalue weighted by Gasteiger charge is -2.24. The standard InChI is InChI=1S/C19H33NO/c1-2-10-18-12-9-16-20(18)19(21)13-8-6-4-3-5-7-11-17-14-15-17/h14,18H,2-13,15-16H2,1H3/t18-/m1/s1. The molecule has 0 aromatic heterocycles. The zero-order valence-electron chi connectivity index (χ0n) is 13.9. The minimum Gasteiger partial charge on any atom is -0.340 e. The molecule has 21 heavy (non-hydrogen) atoms. The summed E-state index contributed by atoms with van der Waals surface area (Å²) in [6.45, 7) is 3.24. The molecule has 1 saturated heterocycles. The molecule has 2 rings (SSSR count). The van der Waals surface area contributed by atoms with Crippen molar-refractivity contribution in [1.29, 1.82) is 0 Å². The number of rotatable bonds is 11. The van der Waals surface area contributed by atoms with Crippen molar-refractivity contribution >= 4 is 5.91 Å². The first kappa shape index (κ1) is 16.6. The van der Waals surface area contributed by atoms with E-state index in [1.807, 2.05) is 0 Å². The Morgan fingerprint density at radius 2 is 1.90 bits per heavy atom. The van der Waals surface area contributed by atoms with Crippen molar-refractivity contribution in [2.24, 2.45) is 0 Å². The lowest BCUT2D eigenvalue weighted by atomic mass is 10.1. The predicted molar refractivity (Wildman–Crippen MR) is 89.3 cm³/mol. The van der Waals surface area contributed by atoms with E-state index in [2.05, 4.69) is 17.9 Å². The number of carbonyl (C=O) groups is 1. The SMILES string of the molecule is CCC[C@@H]1CCCN1C(=O)CCCCCCCCC1=CC1. The molecule has 0 saturated carbocycles. The zero-order valence-corrected chi connectivity index (χ0v) is 13.9. The third kappa shape index (κ3) is 6.23. The fourth-order valence-corrected chi connectivity index (χ4v) is 3.55. The number of hydrogen-bond acceptors (Lipinski definition) is 1. The molecule has 0 aromatic carbocycles. The zero-order chi connectivity index (χ0) is 14.9. The van der Waals surface area contributed by atoms with Crippen molar-refractivity contribution in [3.05, 3.63) is 11.6 Å². The van der Waals surface area contributed by atoms with Crippen molar-refractivity contribution in [1.82, 2.24) is 4.90 Å². The quantitative estimate of drug-likeness (QED) is 0.377. The van der Waals surface area contributed by atoms with Crippen LogP contribution in [0.3, 0.4) is 0 Å². The summed E-state index contributed by atoms with van der Waals surface area (Å²) in [5.41, 5.74) is 1.67. The second-order valence-corrected chi connectivity index (χ2v) is 6.86. The lowest BCUT2D eigenvalue weighted by Crippen LogP contribution is -2.35. The molecule has 0 bridgehead atoms. The van der Waals surface area contributed by atoms with Crippen molar-refractivity contribution in [3.63, 3.8) is 0 Å². The van der Waals surface area contributed by atoms with Crippen LogP contribution in [-0.2, 0) is 4.79 Å². The van der Waals surface area contributed by atoms with E-state index in [4.69, 9.17) is 0 Å². The van der Waals surface area contributed by atoms with E-state index >= 15 is 0 Å². The third-order valence-corrected chi connectivity index (χ3v) is 4.95. The van der Waals surface area contributed by atoms with Crippen molar-refractivity contribution in [3.8, 4) is 0 Å². The van der Waals surface area contributed by atoms with E-state index in [1.54, 1.807) is 5.57 Å². The molecule has 0 N–H and O–H groups in total. The highest BCUT2D eigenvalue weighted by atomic mass is 16.2. The van der Waals surface area contributed by atoms with Crippen LogP contribution >= 0.6 is 0 Å². The second-order valence-electron chi connectivity index (χ2n) is 6.86. The molecule has 2 aliphatic rings. The topological polar surface area (TPSA) is 20.3 Å². The van der Waals surface area contributed by atoms with Crippen LogP contribution in [0, 0.1) is 0 Å². The molecule has 0 spiro atoms. The van der Waals surface area contributed by atoms with Crippen molar-refractivity contribution < 1.29 is 4.79 Å². The first-order valence-electron chi connectivity index (χ1n) is 9.28. The average molecular weight is 291 g/mol. The van der Waals surface area contributed by atoms with Crippen LogP contribution in [0.2, 0.25) is 0 Å². The molecular formula is C19H33NO. The van der Waals surface area contributed by atoms with Gasteiger partial charge < -0.3 is 4.90 Å². The molecule has 0 aromatic rings. The molecule has 1 aliphatic carbocycles. The number of unbranched alkanes of at least 4 members (excludes halogenated alkanes) is 5. The van der Waals surface area contributed by atoms with Crippen LogP contribution in [-0.4, -0.2) is 23.4 Å². The highest BCUT2D eigenvalue weighted by molar-refractivity contribution is 5.76. The minimum atomic E-state index is 0.423. The Labute approximate surface area is 131 Å². The monoisotopic (exact) mass is 291 g/mol. The Bertz CT molecular complexity index is 347. The van der Waals surface area contributed by atoms with Crippen molar-refractivity contribution in [2.75, 3.05) is 6.54 Å². The number of likely N-dealkylation sites (tertiary alicyclic amines) is 1. The molecular weight excluding hydrogens is 258 g/mol. The minimum absolute atomic E-state index is 0.423. The third-order valence-electron chi connectivity index (χ3n) is 4.95. The van der Waals surface area contributed by atoms with Crippen LogP contribution in [0.4, 0.5) is 0 Å². The highest BCUT2D eigenvalue weighted by Gasteiger charge is 2.27.